The summed E-state index contributed by atoms with van der Waals surface area (Å²) < 4.78 is 27.5. The Morgan fingerprint density at radius 2 is 1.79 bits per heavy atom. The van der Waals surface area contributed by atoms with Gasteiger partial charge in [-0.3, -0.25) is 9.59 Å². The molecule has 1 aliphatic carbocycles. The molecule has 7 heteroatoms. The van der Waals surface area contributed by atoms with Gasteiger partial charge in [-0.15, -0.1) is 0 Å². The van der Waals surface area contributed by atoms with E-state index in [0.29, 0.717) is 22.2 Å². The van der Waals surface area contributed by atoms with Crippen molar-refractivity contribution in [1.29, 1.82) is 0 Å². The predicted octanol–water partition coefficient (Wildman–Crippen LogP) is 3.82. The summed E-state index contributed by atoms with van der Waals surface area (Å²) in [7, 11) is -3.85. The zero-order valence-electron chi connectivity index (χ0n) is 15.4. The highest BCUT2D eigenvalue weighted by Crippen LogP contribution is 2.33. The Balaban J connectivity index is 1.87. The number of carbonyl (C=O) groups excluding carboxylic acids is 2. The smallest absolute Gasteiger partial charge is 0.268 e. The first-order valence-electron chi connectivity index (χ1n) is 9.15. The van der Waals surface area contributed by atoms with Crippen molar-refractivity contribution in [3.05, 3.63) is 60.3 Å². The number of benzene rings is 2. The number of amides is 1. The van der Waals surface area contributed by atoms with E-state index >= 15 is 0 Å². The summed E-state index contributed by atoms with van der Waals surface area (Å²) in [4.78, 5) is 24.4. The molecular weight excluding hydrogens is 376 g/mol. The number of hydrogen-bond acceptors (Lipinski definition) is 4. The molecule has 144 valence electrons. The lowest BCUT2D eigenvalue weighted by Gasteiger charge is -2.23. The van der Waals surface area contributed by atoms with Gasteiger partial charge in [0.25, 0.3) is 10.0 Å². The van der Waals surface area contributed by atoms with E-state index in [0.717, 1.165) is 23.2 Å². The predicted molar refractivity (Wildman–Crippen MR) is 107 cm³/mol. The Morgan fingerprint density at radius 3 is 2.39 bits per heavy atom. The summed E-state index contributed by atoms with van der Waals surface area (Å²) in [6.07, 6.45) is 4.13. The average Bonchev–Trinajstić information content (AvgIpc) is 2.99. The fraction of sp³-hybridized carbons (Fsp3) is 0.238. The van der Waals surface area contributed by atoms with Crippen molar-refractivity contribution in [2.24, 2.45) is 5.92 Å². The van der Waals surface area contributed by atoms with Gasteiger partial charge < -0.3 is 5.32 Å². The van der Waals surface area contributed by atoms with E-state index in [9.17, 15) is 18.0 Å². The van der Waals surface area contributed by atoms with Crippen LogP contribution in [-0.2, 0) is 14.8 Å². The van der Waals surface area contributed by atoms with Crippen molar-refractivity contribution in [1.82, 2.24) is 3.97 Å². The molecule has 2 aromatic carbocycles. The number of nitrogens with zero attached hydrogens (tertiary/aromatic N) is 1. The molecule has 1 aromatic heterocycles. The van der Waals surface area contributed by atoms with Crippen LogP contribution in [0.1, 0.15) is 36.5 Å². The quantitative estimate of drug-likeness (QED) is 0.665. The number of aromatic nitrogens is 1. The van der Waals surface area contributed by atoms with Crippen LogP contribution in [0.4, 0.5) is 5.69 Å². The molecule has 1 N–H and O–H groups in total. The van der Waals surface area contributed by atoms with Crippen molar-refractivity contribution >= 4 is 38.3 Å². The largest absolute Gasteiger partial charge is 0.324 e. The summed E-state index contributed by atoms with van der Waals surface area (Å²) in [5.74, 6) is -0.285. The third-order valence-corrected chi connectivity index (χ3v) is 6.90. The number of nitrogens with one attached hydrogen (secondary N) is 1. The van der Waals surface area contributed by atoms with Gasteiger partial charge >= 0.3 is 0 Å². The number of anilines is 1. The lowest BCUT2D eigenvalue weighted by Crippen LogP contribution is -2.28. The molecule has 0 spiro atoms. The fourth-order valence-electron chi connectivity index (χ4n) is 3.33. The van der Waals surface area contributed by atoms with Gasteiger partial charge in [0.05, 0.1) is 16.1 Å². The minimum absolute atomic E-state index is 0.0416. The first-order chi connectivity index (χ1) is 13.4. The maximum absolute atomic E-state index is 13.2. The van der Waals surface area contributed by atoms with Crippen LogP contribution in [0.3, 0.4) is 0 Å². The number of ketones is 1. The maximum Gasteiger partial charge on any atom is 0.268 e. The molecule has 4 rings (SSSR count). The zero-order valence-corrected chi connectivity index (χ0v) is 16.2. The molecular formula is C21H20N2O4S. The summed E-state index contributed by atoms with van der Waals surface area (Å²) >= 11 is 0. The van der Waals surface area contributed by atoms with Gasteiger partial charge in [-0.2, -0.15) is 0 Å². The molecule has 28 heavy (non-hydrogen) atoms. The van der Waals surface area contributed by atoms with Crippen molar-refractivity contribution in [3.63, 3.8) is 0 Å². The molecule has 1 aliphatic rings. The van der Waals surface area contributed by atoms with Crippen LogP contribution in [0.15, 0.2) is 59.6 Å². The Bertz CT molecular complexity index is 1180. The van der Waals surface area contributed by atoms with Crippen LogP contribution < -0.4 is 5.32 Å². The van der Waals surface area contributed by atoms with Crippen LogP contribution >= 0.6 is 0 Å². The van der Waals surface area contributed by atoms with E-state index in [2.05, 4.69) is 5.32 Å². The van der Waals surface area contributed by atoms with Crippen LogP contribution in [-0.4, -0.2) is 24.1 Å². The second-order valence-electron chi connectivity index (χ2n) is 7.06. The number of carbonyl (C=O) groups is 2. The van der Waals surface area contributed by atoms with Gasteiger partial charge in [-0.1, -0.05) is 24.6 Å². The highest BCUT2D eigenvalue weighted by atomic mass is 32.2. The Morgan fingerprint density at radius 1 is 1.07 bits per heavy atom. The highest BCUT2D eigenvalue weighted by Gasteiger charge is 2.27. The molecule has 0 atom stereocenters. The molecule has 0 radical (unpaired) electrons. The minimum atomic E-state index is -3.85. The molecule has 1 fully saturated rings. The van der Waals surface area contributed by atoms with Gasteiger partial charge in [-0.05, 0) is 50.1 Å². The average molecular weight is 396 g/mol. The van der Waals surface area contributed by atoms with Crippen molar-refractivity contribution in [3.8, 4) is 0 Å². The molecule has 6 nitrogen and oxygen atoms in total. The van der Waals surface area contributed by atoms with Crippen LogP contribution in [0, 0.1) is 5.92 Å². The van der Waals surface area contributed by atoms with E-state index in [4.69, 9.17) is 0 Å². The second kappa shape index (κ2) is 6.91. The summed E-state index contributed by atoms with van der Waals surface area (Å²) in [6, 6.07) is 12.9. The SMILES string of the molecule is CC(=O)c1ccc2c(c1)c(NC(=O)C1CCC1)cn2S(=O)(=O)c1ccccc1. The van der Waals surface area contributed by atoms with Crippen molar-refractivity contribution in [2.45, 2.75) is 31.1 Å². The Hall–Kier alpha value is -2.93. The van der Waals surface area contributed by atoms with E-state index in [1.54, 1.807) is 36.4 Å². The molecule has 0 unspecified atom stereocenters. The van der Waals surface area contributed by atoms with Crippen molar-refractivity contribution in [2.75, 3.05) is 5.32 Å². The fourth-order valence-corrected chi connectivity index (χ4v) is 4.72. The zero-order chi connectivity index (χ0) is 19.9. The molecule has 0 saturated heterocycles. The van der Waals surface area contributed by atoms with Gasteiger partial charge in [0.2, 0.25) is 5.91 Å². The standard InChI is InChI=1S/C21H20N2O4S/c1-14(24)16-10-11-20-18(12-16)19(22-21(25)15-6-5-7-15)13-23(20)28(26,27)17-8-3-2-4-9-17/h2-4,8-13,15H,5-7H2,1H3,(H,22,25). The van der Waals surface area contributed by atoms with Gasteiger partial charge in [0, 0.05) is 23.1 Å². The summed E-state index contributed by atoms with van der Waals surface area (Å²) in [5, 5.41) is 3.39. The maximum atomic E-state index is 13.2. The van der Waals surface area contributed by atoms with E-state index in [1.165, 1.54) is 25.3 Å². The molecule has 3 aromatic rings. The van der Waals surface area contributed by atoms with E-state index in [-0.39, 0.29) is 22.5 Å². The van der Waals surface area contributed by atoms with Gasteiger partial charge in [-0.25, -0.2) is 12.4 Å². The summed E-state index contributed by atoms with van der Waals surface area (Å²) in [6.45, 7) is 1.45. The monoisotopic (exact) mass is 396 g/mol. The van der Waals surface area contributed by atoms with Crippen LogP contribution in [0.2, 0.25) is 0 Å². The third kappa shape index (κ3) is 3.11. The van der Waals surface area contributed by atoms with E-state index < -0.39 is 10.0 Å². The second-order valence-corrected chi connectivity index (χ2v) is 8.88. The topological polar surface area (TPSA) is 85.2 Å². The minimum Gasteiger partial charge on any atom is -0.324 e. The number of Topliss-reactive ketones (excluding diaryl/α,β-unsaturated/α-hetero) is 1. The number of fused-ring (bicyclic) bond motifs is 1. The van der Waals surface area contributed by atoms with Crippen LogP contribution in [0.5, 0.6) is 0 Å². The lowest BCUT2D eigenvalue weighted by atomic mass is 9.85. The normalized spacial score (nSPS) is 14.6. The third-order valence-electron chi connectivity index (χ3n) is 5.21. The Labute approximate surface area is 163 Å². The van der Waals surface area contributed by atoms with Gasteiger partial charge in [0.1, 0.15) is 0 Å². The molecule has 1 amide bonds. The van der Waals surface area contributed by atoms with Crippen molar-refractivity contribution < 1.29 is 18.0 Å². The van der Waals surface area contributed by atoms with Crippen LogP contribution in [0.25, 0.3) is 10.9 Å². The molecule has 1 heterocycles. The molecule has 0 bridgehead atoms. The lowest BCUT2D eigenvalue weighted by molar-refractivity contribution is -0.122. The van der Waals surface area contributed by atoms with E-state index in [1.807, 2.05) is 0 Å². The first-order valence-corrected chi connectivity index (χ1v) is 10.6. The Kier molecular flexibility index (Phi) is 4.55. The highest BCUT2D eigenvalue weighted by molar-refractivity contribution is 7.90. The number of hydrogen-bond donors (Lipinski definition) is 1. The molecule has 1 saturated carbocycles. The first kappa shape index (κ1) is 18.4. The summed E-state index contributed by atoms with van der Waals surface area (Å²) in [5.41, 5.74) is 1.27. The molecule has 0 aliphatic heterocycles. The van der Waals surface area contributed by atoms with Gasteiger partial charge in [0.15, 0.2) is 5.78 Å². The number of rotatable bonds is 5.